The van der Waals surface area contributed by atoms with Gasteiger partial charge in [0.25, 0.3) is 5.69 Å². The molecule has 0 spiro atoms. The van der Waals surface area contributed by atoms with Gasteiger partial charge in [-0.25, -0.2) is 0 Å². The van der Waals surface area contributed by atoms with Crippen molar-refractivity contribution >= 4 is 23.0 Å². The third kappa shape index (κ3) is 8.12. The Hall–Kier alpha value is -3.34. The number of piperidine rings is 1. The molecule has 41 heavy (non-hydrogen) atoms. The quantitative estimate of drug-likeness (QED) is 0.311. The van der Waals surface area contributed by atoms with Crippen LogP contribution in [0.3, 0.4) is 0 Å². The van der Waals surface area contributed by atoms with Crippen LogP contribution in [0.25, 0.3) is 0 Å². The van der Waals surface area contributed by atoms with E-state index in [0.717, 1.165) is 51.3 Å². The molecule has 11 heteroatoms. The van der Waals surface area contributed by atoms with Gasteiger partial charge in [0.15, 0.2) is 0 Å². The number of alkyl halides is 3. The maximum Gasteiger partial charge on any atom is 0.423 e. The highest BCUT2D eigenvalue weighted by atomic mass is 19.4. The molecule has 2 aromatic rings. The number of nitro groups is 1. The van der Waals surface area contributed by atoms with Crippen LogP contribution in [0.15, 0.2) is 42.5 Å². The number of anilines is 2. The molecule has 1 N–H and O–H groups in total. The molecular formula is C30H40F3N5O3. The van der Waals surface area contributed by atoms with Crippen molar-refractivity contribution in [2.45, 2.75) is 64.1 Å². The number of likely N-dealkylation sites (tertiary alicyclic amines) is 1. The molecule has 0 unspecified atom stereocenters. The average Bonchev–Trinajstić information content (AvgIpc) is 2.93. The Labute approximate surface area is 239 Å². The molecular weight excluding hydrogens is 535 g/mol. The van der Waals surface area contributed by atoms with Gasteiger partial charge in [-0.2, -0.15) is 13.2 Å². The first kappa shape index (κ1) is 30.6. The third-order valence-electron chi connectivity index (χ3n) is 8.05. The number of nitro benzene ring substituents is 1. The van der Waals surface area contributed by atoms with Crippen molar-refractivity contribution in [3.8, 4) is 0 Å². The van der Waals surface area contributed by atoms with Crippen molar-refractivity contribution in [2.75, 3.05) is 56.0 Å². The molecule has 2 aliphatic rings. The molecule has 2 fully saturated rings. The van der Waals surface area contributed by atoms with E-state index in [0.29, 0.717) is 32.4 Å². The molecule has 0 bridgehead atoms. The lowest BCUT2D eigenvalue weighted by molar-refractivity contribution is -0.388. The summed E-state index contributed by atoms with van der Waals surface area (Å²) in [5.41, 5.74) is 0.678. The Morgan fingerprint density at radius 2 is 1.61 bits per heavy atom. The molecule has 2 heterocycles. The molecule has 1 amide bonds. The number of hydrogen-bond donors (Lipinski definition) is 1. The Morgan fingerprint density at radius 3 is 2.17 bits per heavy atom. The lowest BCUT2D eigenvalue weighted by Gasteiger charge is -2.36. The number of carbonyl (C=O) groups excluding carboxylic acids is 1. The van der Waals surface area contributed by atoms with Crippen LogP contribution in [0.1, 0.15) is 57.6 Å². The van der Waals surface area contributed by atoms with Crippen LogP contribution < -0.4 is 10.2 Å². The number of amides is 1. The first-order valence-electron chi connectivity index (χ1n) is 14.3. The van der Waals surface area contributed by atoms with Crippen LogP contribution in [0.5, 0.6) is 0 Å². The highest BCUT2D eigenvalue weighted by Gasteiger charge is 2.38. The standard InChI is InChI=1S/C30H40F3N5O3/c1-29(2,3)22-6-9-25(10-7-22)36-19-17-35(18-20-36)14-4-5-28(39)37-15-12-23(13-16-37)34-24-8-11-27(38(40)41)26(21-24)30(31,32)33/h6-11,21,23,34H,4-5,12-20H2,1-3H3. The second-order valence-corrected chi connectivity index (χ2v) is 12.0. The molecule has 224 valence electrons. The molecule has 0 radical (unpaired) electrons. The molecule has 2 aliphatic heterocycles. The summed E-state index contributed by atoms with van der Waals surface area (Å²) in [6, 6.07) is 11.7. The summed E-state index contributed by atoms with van der Waals surface area (Å²) in [4.78, 5) is 29.4. The van der Waals surface area contributed by atoms with E-state index in [1.165, 1.54) is 17.3 Å². The van der Waals surface area contributed by atoms with Crippen molar-refractivity contribution in [3.63, 3.8) is 0 Å². The van der Waals surface area contributed by atoms with Gasteiger partial charge in [0.2, 0.25) is 5.91 Å². The number of piperazine rings is 1. The Kier molecular flexibility index (Phi) is 9.46. The normalized spacial score (nSPS) is 17.5. The van der Waals surface area contributed by atoms with Crippen molar-refractivity contribution in [1.29, 1.82) is 0 Å². The lowest BCUT2D eigenvalue weighted by Crippen LogP contribution is -2.47. The zero-order valence-electron chi connectivity index (χ0n) is 24.0. The molecule has 0 aromatic heterocycles. The summed E-state index contributed by atoms with van der Waals surface area (Å²) in [6.45, 7) is 12.4. The van der Waals surface area contributed by atoms with E-state index in [4.69, 9.17) is 0 Å². The van der Waals surface area contributed by atoms with Crippen LogP contribution in [0, 0.1) is 10.1 Å². The highest BCUT2D eigenvalue weighted by molar-refractivity contribution is 5.76. The van der Waals surface area contributed by atoms with Gasteiger partial charge >= 0.3 is 6.18 Å². The van der Waals surface area contributed by atoms with Gasteiger partial charge in [0.1, 0.15) is 5.56 Å². The first-order chi connectivity index (χ1) is 19.3. The van der Waals surface area contributed by atoms with E-state index in [2.05, 4.69) is 60.2 Å². The lowest BCUT2D eigenvalue weighted by atomic mass is 9.87. The van der Waals surface area contributed by atoms with Crippen molar-refractivity contribution in [1.82, 2.24) is 9.80 Å². The van der Waals surface area contributed by atoms with Gasteiger partial charge in [-0.1, -0.05) is 32.9 Å². The minimum atomic E-state index is -4.82. The smallest absolute Gasteiger partial charge is 0.382 e. The number of rotatable bonds is 8. The monoisotopic (exact) mass is 575 g/mol. The van der Waals surface area contributed by atoms with E-state index >= 15 is 0 Å². The van der Waals surface area contributed by atoms with E-state index in [-0.39, 0.29) is 23.1 Å². The van der Waals surface area contributed by atoms with E-state index in [9.17, 15) is 28.1 Å². The molecule has 2 aromatic carbocycles. The highest BCUT2D eigenvalue weighted by Crippen LogP contribution is 2.38. The van der Waals surface area contributed by atoms with Crippen LogP contribution >= 0.6 is 0 Å². The zero-order valence-corrected chi connectivity index (χ0v) is 24.0. The summed E-state index contributed by atoms with van der Waals surface area (Å²) >= 11 is 0. The van der Waals surface area contributed by atoms with E-state index in [1.54, 1.807) is 0 Å². The SMILES string of the molecule is CC(C)(C)c1ccc(N2CCN(CCCC(=O)N3CCC(Nc4ccc([N+](=O)[O-])c(C(F)(F)F)c4)CC3)CC2)cc1. The van der Waals surface area contributed by atoms with Gasteiger partial charge < -0.3 is 15.1 Å². The van der Waals surface area contributed by atoms with Gasteiger partial charge in [-0.3, -0.25) is 19.8 Å². The molecule has 0 saturated carbocycles. The summed E-state index contributed by atoms with van der Waals surface area (Å²) in [7, 11) is 0. The first-order valence-corrected chi connectivity index (χ1v) is 14.3. The van der Waals surface area contributed by atoms with Gasteiger partial charge in [0.05, 0.1) is 4.92 Å². The number of halogens is 3. The van der Waals surface area contributed by atoms with Crippen molar-refractivity contribution in [2.24, 2.45) is 0 Å². The fourth-order valence-electron chi connectivity index (χ4n) is 5.53. The second-order valence-electron chi connectivity index (χ2n) is 12.0. The second kappa shape index (κ2) is 12.7. The largest absolute Gasteiger partial charge is 0.423 e. The number of nitrogens with one attached hydrogen (secondary N) is 1. The average molecular weight is 576 g/mol. The van der Waals surface area contributed by atoms with E-state index < -0.39 is 22.4 Å². The Balaban J connectivity index is 1.16. The van der Waals surface area contributed by atoms with Gasteiger partial charge in [-0.05, 0) is 61.1 Å². The molecule has 0 aliphatic carbocycles. The number of nitrogens with zero attached hydrogens (tertiary/aromatic N) is 4. The summed E-state index contributed by atoms with van der Waals surface area (Å²) < 4.78 is 39.8. The molecule has 8 nitrogen and oxygen atoms in total. The van der Waals surface area contributed by atoms with Gasteiger partial charge in [-0.15, -0.1) is 0 Å². The van der Waals surface area contributed by atoms with Crippen LogP contribution in [0.4, 0.5) is 30.2 Å². The molecule has 4 rings (SSSR count). The third-order valence-corrected chi connectivity index (χ3v) is 8.05. The van der Waals surface area contributed by atoms with Crippen LogP contribution in [-0.4, -0.2) is 72.5 Å². The minimum Gasteiger partial charge on any atom is -0.382 e. The molecule has 2 saturated heterocycles. The summed E-state index contributed by atoms with van der Waals surface area (Å²) in [5.74, 6) is 0.107. The predicted molar refractivity (Wildman–Crippen MR) is 154 cm³/mol. The maximum atomic E-state index is 13.3. The zero-order chi connectivity index (χ0) is 29.8. The van der Waals surface area contributed by atoms with Crippen molar-refractivity contribution in [3.05, 3.63) is 63.7 Å². The van der Waals surface area contributed by atoms with Gasteiger partial charge in [0, 0.05) is 69.2 Å². The maximum absolute atomic E-state index is 13.3. The summed E-state index contributed by atoms with van der Waals surface area (Å²) in [5, 5.41) is 14.0. The fraction of sp³-hybridized carbons (Fsp3) is 0.567. The number of carbonyl (C=O) groups is 1. The van der Waals surface area contributed by atoms with Crippen LogP contribution in [0.2, 0.25) is 0 Å². The minimum absolute atomic E-state index is 0.107. The Bertz CT molecular complexity index is 1200. The van der Waals surface area contributed by atoms with Crippen molar-refractivity contribution < 1.29 is 22.9 Å². The van der Waals surface area contributed by atoms with E-state index in [1.807, 2.05) is 4.90 Å². The molecule has 0 atom stereocenters. The summed E-state index contributed by atoms with van der Waals surface area (Å²) in [6.07, 6.45) is -2.35. The number of benzene rings is 2. The van der Waals surface area contributed by atoms with Crippen LogP contribution in [-0.2, 0) is 16.4 Å². The Morgan fingerprint density at radius 1 is 0.976 bits per heavy atom. The number of hydrogen-bond acceptors (Lipinski definition) is 6. The topological polar surface area (TPSA) is 82.0 Å². The predicted octanol–water partition coefficient (Wildman–Crippen LogP) is 5.92. The fourth-order valence-corrected chi connectivity index (χ4v) is 5.53.